The Morgan fingerprint density at radius 1 is 0.769 bits per heavy atom. The van der Waals surface area contributed by atoms with Crippen LogP contribution in [0.15, 0.2) is 0 Å². The molecule has 1 nitrogen and oxygen atoms in total. The molecule has 0 amide bonds. The molecule has 0 aliphatic rings. The van der Waals surface area contributed by atoms with Gasteiger partial charge in [0.15, 0.2) is 0 Å². The fraction of sp³-hybridized carbons (Fsp3) is 1.00. The van der Waals surface area contributed by atoms with Crippen molar-refractivity contribution in [1.82, 2.24) is 5.32 Å². The van der Waals surface area contributed by atoms with E-state index in [1.807, 2.05) is 20.9 Å². The lowest BCUT2D eigenvalue weighted by Crippen LogP contribution is -2.01. The summed E-state index contributed by atoms with van der Waals surface area (Å²) in [6, 6.07) is 0. The topological polar surface area (TPSA) is 12.0 Å². The molecular formula is C12H33N. The first-order chi connectivity index (χ1) is 6.24. The molecular weight excluding hydrogens is 158 g/mol. The molecule has 1 heteroatoms. The average Bonchev–Trinajstić information content (AvgIpc) is 2.22. The Morgan fingerprint density at radius 3 is 0.923 bits per heavy atom. The zero-order valence-electron chi connectivity index (χ0n) is 11.3. The first-order valence-electron chi connectivity index (χ1n) is 5.89. The number of nitrogens with one attached hydrogen (secondary N) is 1. The first kappa shape index (κ1) is 23.1. The maximum atomic E-state index is 2.93. The molecule has 0 aliphatic heterocycles. The summed E-state index contributed by atoms with van der Waals surface area (Å²) < 4.78 is 0. The van der Waals surface area contributed by atoms with Gasteiger partial charge in [-0.1, -0.05) is 67.7 Å². The molecule has 0 spiro atoms. The second-order valence-corrected chi connectivity index (χ2v) is 2.41. The van der Waals surface area contributed by atoms with E-state index in [0.717, 1.165) is 6.54 Å². The molecule has 0 aromatic heterocycles. The lowest BCUT2D eigenvalue weighted by atomic mass is 10.4. The minimum Gasteiger partial charge on any atom is -0.320 e. The fourth-order valence-corrected chi connectivity index (χ4v) is 0. The Morgan fingerprint density at radius 2 is 0.923 bits per heavy atom. The average molecular weight is 191 g/mol. The monoisotopic (exact) mass is 191 g/mol. The lowest BCUT2D eigenvalue weighted by Gasteiger charge is -1.76. The van der Waals surface area contributed by atoms with Gasteiger partial charge in [-0.3, -0.25) is 0 Å². The van der Waals surface area contributed by atoms with Crippen LogP contribution in [0.2, 0.25) is 0 Å². The van der Waals surface area contributed by atoms with E-state index in [1.165, 1.54) is 19.3 Å². The van der Waals surface area contributed by atoms with Crippen LogP contribution in [-0.4, -0.2) is 13.6 Å². The molecule has 0 atom stereocenters. The van der Waals surface area contributed by atoms with E-state index in [1.54, 1.807) is 0 Å². The van der Waals surface area contributed by atoms with Crippen molar-refractivity contribution in [2.75, 3.05) is 13.6 Å². The van der Waals surface area contributed by atoms with Gasteiger partial charge in [0.25, 0.3) is 0 Å². The van der Waals surface area contributed by atoms with Crippen LogP contribution in [0.3, 0.4) is 0 Å². The molecule has 0 rings (SSSR count). The van der Waals surface area contributed by atoms with E-state index >= 15 is 0 Å². The van der Waals surface area contributed by atoms with Gasteiger partial charge in [-0.15, -0.1) is 0 Å². The van der Waals surface area contributed by atoms with Crippen LogP contribution in [0.5, 0.6) is 0 Å². The maximum absolute atomic E-state index is 2.93. The molecule has 13 heavy (non-hydrogen) atoms. The second-order valence-electron chi connectivity index (χ2n) is 2.41. The third-order valence-corrected chi connectivity index (χ3v) is 0.854. The Balaban J connectivity index is -0.0000000431. The lowest BCUT2D eigenvalue weighted by molar-refractivity contribution is 0.864. The quantitative estimate of drug-likeness (QED) is 0.679. The van der Waals surface area contributed by atoms with Crippen molar-refractivity contribution in [3.05, 3.63) is 0 Å². The van der Waals surface area contributed by atoms with Crippen LogP contribution < -0.4 is 5.32 Å². The van der Waals surface area contributed by atoms with Crippen molar-refractivity contribution in [3.8, 4) is 0 Å². The first-order valence-corrected chi connectivity index (χ1v) is 5.89. The van der Waals surface area contributed by atoms with Crippen molar-refractivity contribution < 1.29 is 0 Å². The molecule has 0 aliphatic carbocycles. The highest BCUT2D eigenvalue weighted by Gasteiger charge is 1.56. The van der Waals surface area contributed by atoms with Gasteiger partial charge in [0.05, 0.1) is 0 Å². The van der Waals surface area contributed by atoms with Crippen molar-refractivity contribution >= 4 is 0 Å². The summed E-state index contributed by atoms with van der Waals surface area (Å²) in [5.74, 6) is 0. The minimum absolute atomic E-state index is 1.07. The van der Waals surface area contributed by atoms with Gasteiger partial charge < -0.3 is 5.32 Å². The van der Waals surface area contributed by atoms with Gasteiger partial charge in [-0.2, -0.15) is 0 Å². The van der Waals surface area contributed by atoms with Crippen LogP contribution in [0.25, 0.3) is 0 Å². The van der Waals surface area contributed by atoms with Gasteiger partial charge in [0.1, 0.15) is 0 Å². The van der Waals surface area contributed by atoms with Crippen LogP contribution in [0, 0.1) is 0 Å². The third kappa shape index (κ3) is 309. The number of hydrogen-bond acceptors (Lipinski definition) is 1. The highest BCUT2D eigenvalue weighted by molar-refractivity contribution is 4.15. The summed E-state index contributed by atoms with van der Waals surface area (Å²) in [6.07, 6.45) is 3.89. The van der Waals surface area contributed by atoms with Gasteiger partial charge in [-0.05, 0) is 13.6 Å². The number of rotatable bonds is 2. The summed E-state index contributed by atoms with van der Waals surface area (Å²) in [6.45, 7) is 15.8. The van der Waals surface area contributed by atoms with E-state index in [9.17, 15) is 0 Å². The van der Waals surface area contributed by atoms with Gasteiger partial charge in [0.2, 0.25) is 0 Å². The zero-order chi connectivity index (χ0) is 11.5. The van der Waals surface area contributed by atoms with Crippen molar-refractivity contribution in [3.63, 3.8) is 0 Å². The molecule has 0 aromatic carbocycles. The summed E-state index contributed by atoms with van der Waals surface area (Å²) in [5, 5.41) is 2.93. The molecule has 1 N–H and O–H groups in total. The molecule has 0 fully saturated rings. The molecule has 0 unspecified atom stereocenters. The summed E-state index contributed by atoms with van der Waals surface area (Å²) >= 11 is 0. The van der Waals surface area contributed by atoms with E-state index in [4.69, 9.17) is 0 Å². The minimum atomic E-state index is 1.07. The van der Waals surface area contributed by atoms with Crippen LogP contribution in [0.4, 0.5) is 0 Å². The summed E-state index contributed by atoms with van der Waals surface area (Å²) in [5.41, 5.74) is 0. The SMILES string of the molecule is CC.CCC.CCCC.CCNC. The van der Waals surface area contributed by atoms with Crippen LogP contribution in [-0.2, 0) is 0 Å². The van der Waals surface area contributed by atoms with Crippen LogP contribution in [0.1, 0.15) is 67.7 Å². The highest BCUT2D eigenvalue weighted by atomic mass is 14.8. The van der Waals surface area contributed by atoms with Crippen molar-refractivity contribution in [1.29, 1.82) is 0 Å². The Hall–Kier alpha value is -0.0400. The molecule has 0 radical (unpaired) electrons. The molecule has 0 heterocycles. The van der Waals surface area contributed by atoms with E-state index in [-0.39, 0.29) is 0 Å². The fourth-order valence-electron chi connectivity index (χ4n) is 0. The van der Waals surface area contributed by atoms with Gasteiger partial charge >= 0.3 is 0 Å². The van der Waals surface area contributed by atoms with Crippen molar-refractivity contribution in [2.45, 2.75) is 67.7 Å². The Kier molecular flexibility index (Phi) is 104. The number of hydrogen-bond donors (Lipinski definition) is 1. The molecule has 0 saturated heterocycles. The van der Waals surface area contributed by atoms with Crippen molar-refractivity contribution in [2.24, 2.45) is 0 Å². The molecule has 86 valence electrons. The van der Waals surface area contributed by atoms with Crippen LogP contribution >= 0.6 is 0 Å². The Labute approximate surface area is 87.3 Å². The second kappa shape index (κ2) is 58.4. The predicted octanol–water partition coefficient (Wildman–Crippen LogP) is 4.47. The van der Waals surface area contributed by atoms with Gasteiger partial charge in [0, 0.05) is 0 Å². The third-order valence-electron chi connectivity index (χ3n) is 0.854. The van der Waals surface area contributed by atoms with Gasteiger partial charge in [-0.25, -0.2) is 0 Å². The normalized spacial score (nSPS) is 6.46. The smallest absolute Gasteiger partial charge is 0.00804 e. The summed E-state index contributed by atoms with van der Waals surface area (Å²) in [4.78, 5) is 0. The maximum Gasteiger partial charge on any atom is -0.00804 e. The predicted molar refractivity (Wildman–Crippen MR) is 67.5 cm³/mol. The molecule has 0 aromatic rings. The standard InChI is InChI=1S/C4H10.C3H9N.C3H8.C2H6/c2*1-3-4-2;1-3-2;1-2/h3-4H2,1-2H3;4H,3H2,1-2H3;3H2,1-2H3;1-2H3. The van der Waals surface area contributed by atoms with E-state index in [2.05, 4.69) is 39.9 Å². The molecule has 0 saturated carbocycles. The summed E-state index contributed by atoms with van der Waals surface area (Å²) in [7, 11) is 1.93. The van der Waals surface area contributed by atoms with E-state index in [0.29, 0.717) is 0 Å². The Bertz CT molecular complexity index is 20.3. The van der Waals surface area contributed by atoms with E-state index < -0.39 is 0 Å². The highest BCUT2D eigenvalue weighted by Crippen LogP contribution is 1.76. The number of unbranched alkanes of at least 4 members (excludes halogenated alkanes) is 1. The largest absolute Gasteiger partial charge is 0.320 e. The zero-order valence-corrected chi connectivity index (χ0v) is 11.3. The molecule has 0 bridgehead atoms.